The molecular formula is C66H48N2Si2. The van der Waals surface area contributed by atoms with Gasteiger partial charge >= 0.3 is 0 Å². The summed E-state index contributed by atoms with van der Waals surface area (Å²) in [6, 6.07) is 109. The maximum atomic E-state index is 2.59. The zero-order chi connectivity index (χ0) is 46.5. The number of hydrogen-bond donors (Lipinski definition) is 0. The fourth-order valence-electron chi connectivity index (χ4n) is 12.0. The first-order chi connectivity index (χ1) is 34.8. The van der Waals surface area contributed by atoms with Gasteiger partial charge < -0.3 is 9.80 Å². The van der Waals surface area contributed by atoms with Crippen LogP contribution in [0.3, 0.4) is 0 Å². The molecule has 2 nitrogen and oxygen atoms in total. The maximum absolute atomic E-state index is 2.88. The average Bonchev–Trinajstić information content (AvgIpc) is 3.45. The lowest BCUT2D eigenvalue weighted by atomic mass is 9.93. The van der Waals surface area contributed by atoms with E-state index in [0.29, 0.717) is 0 Å². The maximum Gasteiger partial charge on any atom is 0.184 e. The Morgan fingerprint density at radius 3 is 0.700 bits per heavy atom. The van der Waals surface area contributed by atoms with Gasteiger partial charge in [-0.15, -0.1) is 0 Å². The smallest absolute Gasteiger partial charge is 0.184 e. The van der Waals surface area contributed by atoms with Gasteiger partial charge in [-0.25, -0.2) is 0 Å². The highest BCUT2D eigenvalue weighted by Gasteiger charge is 2.51. The van der Waals surface area contributed by atoms with E-state index in [1.807, 2.05) is 0 Å². The molecule has 330 valence electrons. The van der Waals surface area contributed by atoms with E-state index in [0.717, 1.165) is 33.6 Å². The summed E-state index contributed by atoms with van der Waals surface area (Å²) in [5, 5.41) is 11.0. The summed E-state index contributed by atoms with van der Waals surface area (Å²) >= 11 is 0. The lowest BCUT2D eigenvalue weighted by Crippen LogP contribution is -2.77. The standard InChI is InChI=1S/C66H48N2Si2/c1-7-27-49(28-8-1)55-47-56(50-29-9-2-10-30-50)62(68-59-41-21-25-45-65(59)70(53-35-15-5-16-36-53,54-37-17-6-18-38-54)66-46-26-22-42-60(66)68)48-61(55)67-57-39-19-23-43-63(57)69(51-31-11-3-12-32-51,52-33-13-4-14-34-52)64-44-24-20-40-58(64)67/h1-48H. The van der Waals surface area contributed by atoms with E-state index in [1.54, 1.807) is 0 Å². The van der Waals surface area contributed by atoms with Crippen molar-refractivity contribution < 1.29 is 0 Å². The van der Waals surface area contributed by atoms with Crippen LogP contribution < -0.4 is 51.3 Å². The number of benzene rings is 11. The van der Waals surface area contributed by atoms with Gasteiger partial charge in [-0.3, -0.25) is 0 Å². The van der Waals surface area contributed by atoms with Crippen molar-refractivity contribution in [2.75, 3.05) is 9.80 Å². The van der Waals surface area contributed by atoms with E-state index < -0.39 is 16.1 Å². The number of rotatable bonds is 8. The molecule has 0 aliphatic carbocycles. The quantitative estimate of drug-likeness (QED) is 0.140. The van der Waals surface area contributed by atoms with E-state index in [9.17, 15) is 0 Å². The lowest BCUT2D eigenvalue weighted by Gasteiger charge is -2.47. The Hall–Kier alpha value is -8.55. The monoisotopic (exact) mass is 924 g/mol. The summed E-state index contributed by atoms with van der Waals surface area (Å²) in [4.78, 5) is 5.19. The van der Waals surface area contributed by atoms with E-state index in [2.05, 4.69) is 301 Å². The fraction of sp³-hybridized carbons (Fsp3) is 0. The topological polar surface area (TPSA) is 6.48 Å². The second-order valence-corrected chi connectivity index (χ2v) is 25.8. The molecule has 0 amide bonds. The van der Waals surface area contributed by atoms with Crippen LogP contribution in [0.25, 0.3) is 22.3 Å². The molecule has 2 aliphatic heterocycles. The molecule has 0 fully saturated rings. The second kappa shape index (κ2) is 17.2. The predicted octanol–water partition coefficient (Wildman–Crippen LogP) is 11.3. The molecule has 13 rings (SSSR count). The first kappa shape index (κ1) is 41.6. The summed E-state index contributed by atoms with van der Waals surface area (Å²) in [6.07, 6.45) is 0. The molecule has 0 unspecified atom stereocenters. The number of anilines is 6. The molecule has 0 spiro atoms. The molecule has 2 heterocycles. The molecule has 70 heavy (non-hydrogen) atoms. The Kier molecular flexibility index (Phi) is 10.2. The van der Waals surface area contributed by atoms with Crippen molar-refractivity contribution in [2.24, 2.45) is 0 Å². The molecule has 0 radical (unpaired) electrons. The van der Waals surface area contributed by atoms with Gasteiger partial charge in [0.05, 0.1) is 11.4 Å². The molecule has 4 heteroatoms. The Balaban J connectivity index is 1.15. The van der Waals surface area contributed by atoms with Crippen LogP contribution in [0.4, 0.5) is 34.1 Å². The van der Waals surface area contributed by atoms with Crippen molar-refractivity contribution >= 4 is 91.8 Å². The highest BCUT2D eigenvalue weighted by atomic mass is 28.3. The molecule has 11 aromatic carbocycles. The zero-order valence-electron chi connectivity index (χ0n) is 38.6. The SMILES string of the molecule is c1ccc(-c2cc(-c3ccccc3)c(N3c4ccccc4[Si](c4ccccc4)(c4ccccc4)c4ccccc43)cc2N2c3ccccc3[Si](c3ccccc3)(c3ccccc3)c3ccccc32)cc1. The number of nitrogens with zero attached hydrogens (tertiary/aromatic N) is 2. The van der Waals surface area contributed by atoms with E-state index in [-0.39, 0.29) is 0 Å². The Labute approximate surface area is 412 Å². The second-order valence-electron chi connectivity index (χ2n) is 18.3. The fourth-order valence-corrected chi connectivity index (χ4v) is 22.2. The molecule has 0 aromatic heterocycles. The highest BCUT2D eigenvalue weighted by molar-refractivity contribution is 7.22. The van der Waals surface area contributed by atoms with Crippen LogP contribution >= 0.6 is 0 Å². The normalized spacial score (nSPS) is 13.9. The van der Waals surface area contributed by atoms with E-state index in [1.165, 1.54) is 64.2 Å². The minimum absolute atomic E-state index is 1.12. The molecule has 0 N–H and O–H groups in total. The van der Waals surface area contributed by atoms with Gasteiger partial charge in [-0.05, 0) is 89.0 Å². The van der Waals surface area contributed by atoms with Crippen molar-refractivity contribution in [2.45, 2.75) is 0 Å². The first-order valence-corrected chi connectivity index (χ1v) is 28.3. The largest absolute Gasteiger partial charge is 0.310 e. The van der Waals surface area contributed by atoms with Crippen molar-refractivity contribution in [1.82, 2.24) is 0 Å². The van der Waals surface area contributed by atoms with Gasteiger partial charge in [0, 0.05) is 33.9 Å². The van der Waals surface area contributed by atoms with Crippen molar-refractivity contribution in [3.63, 3.8) is 0 Å². The van der Waals surface area contributed by atoms with Crippen LogP contribution in [-0.4, -0.2) is 16.1 Å². The van der Waals surface area contributed by atoms with Crippen LogP contribution in [0.2, 0.25) is 0 Å². The molecule has 0 bridgehead atoms. The minimum Gasteiger partial charge on any atom is -0.310 e. The molecule has 0 saturated carbocycles. The molecule has 2 aliphatic rings. The molecule has 0 atom stereocenters. The number of para-hydroxylation sites is 4. The van der Waals surface area contributed by atoms with Crippen molar-refractivity contribution in [3.8, 4) is 22.3 Å². The predicted molar refractivity (Wildman–Crippen MR) is 301 cm³/mol. The summed E-state index contributed by atoms with van der Waals surface area (Å²) in [5.74, 6) is 0. The minimum atomic E-state index is -2.88. The van der Waals surface area contributed by atoms with Gasteiger partial charge in [0.25, 0.3) is 0 Å². The van der Waals surface area contributed by atoms with Crippen LogP contribution in [0, 0.1) is 0 Å². The molecular weight excluding hydrogens is 877 g/mol. The Morgan fingerprint density at radius 1 is 0.200 bits per heavy atom. The summed E-state index contributed by atoms with van der Waals surface area (Å²) in [7, 11) is -5.76. The van der Waals surface area contributed by atoms with Crippen molar-refractivity contribution in [1.29, 1.82) is 0 Å². The number of fused-ring (bicyclic) bond motifs is 4. The van der Waals surface area contributed by atoms with Crippen LogP contribution in [0.5, 0.6) is 0 Å². The first-order valence-electron chi connectivity index (χ1n) is 24.3. The van der Waals surface area contributed by atoms with Gasteiger partial charge in [0.1, 0.15) is 0 Å². The molecule has 11 aromatic rings. The van der Waals surface area contributed by atoms with Gasteiger partial charge in [-0.2, -0.15) is 0 Å². The Bertz CT molecular complexity index is 3240. The zero-order valence-corrected chi connectivity index (χ0v) is 40.6. The Morgan fingerprint density at radius 2 is 0.429 bits per heavy atom. The highest BCUT2D eigenvalue weighted by Crippen LogP contribution is 2.51. The van der Waals surface area contributed by atoms with E-state index in [4.69, 9.17) is 0 Å². The van der Waals surface area contributed by atoms with Gasteiger partial charge in [0.15, 0.2) is 16.1 Å². The van der Waals surface area contributed by atoms with Gasteiger partial charge in [0.2, 0.25) is 0 Å². The summed E-state index contributed by atoms with van der Waals surface area (Å²) < 4.78 is 0. The lowest BCUT2D eigenvalue weighted by molar-refractivity contribution is 1.25. The number of hydrogen-bond acceptors (Lipinski definition) is 2. The third kappa shape index (κ3) is 6.31. The van der Waals surface area contributed by atoms with Crippen LogP contribution in [0.15, 0.2) is 291 Å². The van der Waals surface area contributed by atoms with Gasteiger partial charge in [-0.1, -0.05) is 255 Å². The van der Waals surface area contributed by atoms with Crippen LogP contribution in [0.1, 0.15) is 0 Å². The summed E-state index contributed by atoms with van der Waals surface area (Å²) in [5.41, 5.74) is 11.7. The summed E-state index contributed by atoms with van der Waals surface area (Å²) in [6.45, 7) is 0. The molecule has 0 saturated heterocycles. The van der Waals surface area contributed by atoms with Crippen LogP contribution in [-0.2, 0) is 0 Å². The third-order valence-electron chi connectivity index (χ3n) is 14.8. The van der Waals surface area contributed by atoms with E-state index >= 15 is 0 Å². The van der Waals surface area contributed by atoms with Crippen molar-refractivity contribution in [3.05, 3.63) is 291 Å². The third-order valence-corrected chi connectivity index (χ3v) is 24.5. The average molecular weight is 925 g/mol.